The molecule has 1 saturated carbocycles. The van der Waals surface area contributed by atoms with Crippen molar-refractivity contribution in [3.63, 3.8) is 0 Å². The highest BCUT2D eigenvalue weighted by atomic mass is 16.4. The Kier molecular flexibility index (Phi) is 8.07. The van der Waals surface area contributed by atoms with Crippen LogP contribution < -0.4 is 5.32 Å². The number of hydrogen-bond donors (Lipinski definition) is 2. The zero-order chi connectivity index (χ0) is 14.8. The summed E-state index contributed by atoms with van der Waals surface area (Å²) in [6.45, 7) is 3.49. The lowest BCUT2D eigenvalue weighted by molar-refractivity contribution is -0.137. The van der Waals surface area contributed by atoms with Crippen molar-refractivity contribution in [2.75, 3.05) is 13.1 Å². The van der Waals surface area contributed by atoms with Crippen LogP contribution in [0.1, 0.15) is 64.7 Å². The highest BCUT2D eigenvalue weighted by Gasteiger charge is 2.24. The van der Waals surface area contributed by atoms with Crippen LogP contribution >= 0.6 is 0 Å². The number of carboxylic acids is 1. The minimum absolute atomic E-state index is 0.0601. The summed E-state index contributed by atoms with van der Waals surface area (Å²) in [5, 5.41) is 11.5. The number of carbonyl (C=O) groups is 2. The van der Waals surface area contributed by atoms with Gasteiger partial charge < -0.3 is 15.3 Å². The smallest absolute Gasteiger partial charge is 0.317 e. The van der Waals surface area contributed by atoms with Gasteiger partial charge in [0, 0.05) is 25.6 Å². The number of nitrogens with zero attached hydrogens (tertiary/aromatic N) is 1. The Bertz CT molecular complexity index is 301. The average molecular weight is 284 g/mol. The quantitative estimate of drug-likeness (QED) is 0.639. The second-order valence-corrected chi connectivity index (χ2v) is 5.51. The molecule has 20 heavy (non-hydrogen) atoms. The second kappa shape index (κ2) is 9.61. The maximum Gasteiger partial charge on any atom is 0.317 e. The number of amides is 2. The zero-order valence-corrected chi connectivity index (χ0v) is 12.6. The van der Waals surface area contributed by atoms with Gasteiger partial charge >= 0.3 is 12.0 Å². The van der Waals surface area contributed by atoms with Crippen LogP contribution in [0, 0.1) is 0 Å². The van der Waals surface area contributed by atoms with Crippen molar-refractivity contribution >= 4 is 12.0 Å². The molecule has 0 radical (unpaired) electrons. The number of unbranched alkanes of at least 4 members (excludes halogenated alkanes) is 3. The Morgan fingerprint density at radius 2 is 1.80 bits per heavy atom. The summed E-state index contributed by atoms with van der Waals surface area (Å²) >= 11 is 0. The topological polar surface area (TPSA) is 69.6 Å². The van der Waals surface area contributed by atoms with Crippen LogP contribution in [0.5, 0.6) is 0 Å². The largest absolute Gasteiger partial charge is 0.481 e. The van der Waals surface area contributed by atoms with Crippen molar-refractivity contribution in [3.8, 4) is 0 Å². The predicted octanol–water partition coefficient (Wildman–Crippen LogP) is 3.00. The maximum absolute atomic E-state index is 12.1. The first kappa shape index (κ1) is 16.8. The fourth-order valence-electron chi connectivity index (χ4n) is 2.84. The number of nitrogens with one attached hydrogen (secondary N) is 1. The van der Waals surface area contributed by atoms with Gasteiger partial charge in [0.05, 0.1) is 0 Å². The minimum Gasteiger partial charge on any atom is -0.481 e. The van der Waals surface area contributed by atoms with Gasteiger partial charge in [-0.1, -0.05) is 25.7 Å². The van der Waals surface area contributed by atoms with Gasteiger partial charge in [-0.05, 0) is 32.6 Å². The summed E-state index contributed by atoms with van der Waals surface area (Å²) in [4.78, 5) is 24.4. The molecule has 5 heteroatoms. The maximum atomic E-state index is 12.1. The SMILES string of the molecule is CCN(C(=O)NCCCCCCC(=O)O)C1CCCC1. The molecule has 1 aliphatic rings. The van der Waals surface area contributed by atoms with Gasteiger partial charge in [-0.15, -0.1) is 0 Å². The van der Waals surface area contributed by atoms with E-state index < -0.39 is 5.97 Å². The molecule has 2 N–H and O–H groups in total. The molecule has 5 nitrogen and oxygen atoms in total. The van der Waals surface area contributed by atoms with Gasteiger partial charge in [0.1, 0.15) is 0 Å². The van der Waals surface area contributed by atoms with Crippen LogP contribution in [0.25, 0.3) is 0 Å². The Morgan fingerprint density at radius 1 is 1.15 bits per heavy atom. The number of aliphatic carboxylic acids is 1. The summed E-state index contributed by atoms with van der Waals surface area (Å²) in [6.07, 6.45) is 8.53. The van der Waals surface area contributed by atoms with Crippen molar-refractivity contribution in [2.45, 2.75) is 70.8 Å². The Labute approximate surface area is 121 Å². The minimum atomic E-state index is -0.728. The fourth-order valence-corrected chi connectivity index (χ4v) is 2.84. The first-order valence-corrected chi connectivity index (χ1v) is 7.91. The molecule has 1 aliphatic carbocycles. The van der Waals surface area contributed by atoms with Crippen LogP contribution in [0.2, 0.25) is 0 Å². The third kappa shape index (κ3) is 6.26. The van der Waals surface area contributed by atoms with E-state index in [2.05, 4.69) is 5.32 Å². The van der Waals surface area contributed by atoms with E-state index in [1.54, 1.807) is 0 Å². The molecular formula is C15H28N2O3. The second-order valence-electron chi connectivity index (χ2n) is 5.51. The van der Waals surface area contributed by atoms with Gasteiger partial charge in [0.2, 0.25) is 0 Å². The van der Waals surface area contributed by atoms with Crippen molar-refractivity contribution in [1.82, 2.24) is 10.2 Å². The highest BCUT2D eigenvalue weighted by Crippen LogP contribution is 2.23. The normalized spacial score (nSPS) is 15.2. The van der Waals surface area contributed by atoms with Crippen molar-refractivity contribution in [2.24, 2.45) is 0 Å². The molecule has 2 amide bonds. The van der Waals surface area contributed by atoms with E-state index in [0.717, 1.165) is 45.1 Å². The van der Waals surface area contributed by atoms with Crippen molar-refractivity contribution < 1.29 is 14.7 Å². The Balaban J connectivity index is 2.07. The van der Waals surface area contributed by atoms with Crippen LogP contribution in [0.15, 0.2) is 0 Å². The molecule has 0 heterocycles. The number of carboxylic acid groups (broad SMARTS) is 1. The summed E-state index contributed by atoms with van der Waals surface area (Å²) in [7, 11) is 0. The number of hydrogen-bond acceptors (Lipinski definition) is 2. The first-order chi connectivity index (χ1) is 9.65. The van der Waals surface area contributed by atoms with Gasteiger partial charge in [0.25, 0.3) is 0 Å². The monoisotopic (exact) mass is 284 g/mol. The van der Waals surface area contributed by atoms with Crippen LogP contribution in [0.4, 0.5) is 4.79 Å². The van der Waals surface area contributed by atoms with Gasteiger partial charge in [-0.25, -0.2) is 4.79 Å². The molecule has 0 aromatic heterocycles. The molecule has 0 unspecified atom stereocenters. The third-order valence-electron chi connectivity index (χ3n) is 3.96. The Hall–Kier alpha value is -1.26. The summed E-state index contributed by atoms with van der Waals surface area (Å²) in [6, 6.07) is 0.487. The molecule has 0 aromatic carbocycles. The lowest BCUT2D eigenvalue weighted by Crippen LogP contribution is -2.45. The third-order valence-corrected chi connectivity index (χ3v) is 3.96. The van der Waals surface area contributed by atoms with Crippen molar-refractivity contribution in [1.29, 1.82) is 0 Å². The molecule has 0 spiro atoms. The average Bonchev–Trinajstić information content (AvgIpc) is 2.92. The molecule has 116 valence electrons. The number of urea groups is 1. The summed E-state index contributed by atoms with van der Waals surface area (Å²) in [5.74, 6) is -0.728. The van der Waals surface area contributed by atoms with Crippen LogP contribution in [-0.4, -0.2) is 41.1 Å². The Morgan fingerprint density at radius 3 is 2.40 bits per heavy atom. The fraction of sp³-hybridized carbons (Fsp3) is 0.867. The van der Waals surface area contributed by atoms with E-state index >= 15 is 0 Å². The van der Waals surface area contributed by atoms with Crippen LogP contribution in [0.3, 0.4) is 0 Å². The number of rotatable bonds is 9. The van der Waals surface area contributed by atoms with Crippen molar-refractivity contribution in [3.05, 3.63) is 0 Å². The summed E-state index contributed by atoms with van der Waals surface area (Å²) in [5.41, 5.74) is 0. The van der Waals surface area contributed by atoms with E-state index in [4.69, 9.17) is 5.11 Å². The van der Waals surface area contributed by atoms with E-state index in [1.807, 2.05) is 11.8 Å². The van der Waals surface area contributed by atoms with E-state index in [1.165, 1.54) is 12.8 Å². The van der Waals surface area contributed by atoms with E-state index in [9.17, 15) is 9.59 Å². The number of carbonyl (C=O) groups excluding carboxylic acids is 1. The highest BCUT2D eigenvalue weighted by molar-refractivity contribution is 5.74. The van der Waals surface area contributed by atoms with E-state index in [-0.39, 0.29) is 12.5 Å². The molecule has 0 aromatic rings. The van der Waals surface area contributed by atoms with Gasteiger partial charge in [0.15, 0.2) is 0 Å². The van der Waals surface area contributed by atoms with Gasteiger partial charge in [-0.2, -0.15) is 0 Å². The van der Waals surface area contributed by atoms with Gasteiger partial charge in [-0.3, -0.25) is 4.79 Å². The molecule has 0 atom stereocenters. The molecule has 0 saturated heterocycles. The lowest BCUT2D eigenvalue weighted by Gasteiger charge is -2.27. The first-order valence-electron chi connectivity index (χ1n) is 7.91. The predicted molar refractivity (Wildman–Crippen MR) is 78.8 cm³/mol. The molecule has 1 rings (SSSR count). The zero-order valence-electron chi connectivity index (χ0n) is 12.6. The molecule has 0 bridgehead atoms. The standard InChI is InChI=1S/C15H28N2O3/c1-2-17(13-9-6-7-10-13)15(20)16-12-8-4-3-5-11-14(18)19/h13H,2-12H2,1H3,(H,16,20)(H,18,19). The molecule has 0 aliphatic heterocycles. The molecule has 1 fully saturated rings. The molecular weight excluding hydrogens is 256 g/mol. The summed E-state index contributed by atoms with van der Waals surface area (Å²) < 4.78 is 0. The van der Waals surface area contributed by atoms with E-state index in [0.29, 0.717) is 12.6 Å². The van der Waals surface area contributed by atoms with Crippen LogP contribution in [-0.2, 0) is 4.79 Å². The lowest BCUT2D eigenvalue weighted by atomic mass is 10.1.